The van der Waals surface area contributed by atoms with E-state index in [0.29, 0.717) is 6.42 Å². The highest BCUT2D eigenvalue weighted by Crippen LogP contribution is 2.33. The molecule has 29 heavy (non-hydrogen) atoms. The molecule has 3 heterocycles. The summed E-state index contributed by atoms with van der Waals surface area (Å²) < 4.78 is 67.2. The van der Waals surface area contributed by atoms with Crippen LogP contribution in [0.1, 0.15) is 18.2 Å². The first-order valence-corrected chi connectivity index (χ1v) is 10.6. The molecule has 2 aromatic rings. The van der Waals surface area contributed by atoms with Gasteiger partial charge in [0.1, 0.15) is 11.6 Å². The lowest BCUT2D eigenvalue weighted by atomic mass is 10.2. The number of hydrogen-bond donors (Lipinski definition) is 1. The van der Waals surface area contributed by atoms with Gasteiger partial charge in [0.25, 0.3) is 0 Å². The number of nitrogens with one attached hydrogen (secondary N) is 1. The van der Waals surface area contributed by atoms with Gasteiger partial charge in [-0.3, -0.25) is 4.72 Å². The van der Waals surface area contributed by atoms with E-state index < -0.39 is 21.9 Å². The van der Waals surface area contributed by atoms with Crippen LogP contribution < -0.4 is 9.62 Å². The van der Waals surface area contributed by atoms with Crippen LogP contribution in [0.5, 0.6) is 0 Å². The minimum Gasteiger partial charge on any atom is -0.353 e. The quantitative estimate of drug-likeness (QED) is 0.758. The number of nitrogens with zero attached hydrogens (tertiary/aromatic N) is 4. The van der Waals surface area contributed by atoms with Crippen LogP contribution in [-0.2, 0) is 22.8 Å². The second-order valence-corrected chi connectivity index (χ2v) is 8.47. The number of hydrogen-bond acceptors (Lipinski definition) is 5. The van der Waals surface area contributed by atoms with Crippen LogP contribution in [0.3, 0.4) is 0 Å². The Labute approximate surface area is 171 Å². The first kappa shape index (κ1) is 21.6. The summed E-state index contributed by atoms with van der Waals surface area (Å²) in [7, 11) is -3.81. The fourth-order valence-electron chi connectivity index (χ4n) is 2.89. The van der Waals surface area contributed by atoms with Crippen LogP contribution in [0.2, 0.25) is 5.02 Å². The van der Waals surface area contributed by atoms with E-state index >= 15 is 0 Å². The predicted molar refractivity (Wildman–Crippen MR) is 104 cm³/mol. The van der Waals surface area contributed by atoms with Crippen LogP contribution in [-0.4, -0.2) is 48.9 Å². The molecule has 1 aliphatic heterocycles. The highest BCUT2D eigenvalue weighted by molar-refractivity contribution is 7.90. The van der Waals surface area contributed by atoms with Crippen LogP contribution in [0.15, 0.2) is 30.5 Å². The molecule has 0 saturated carbocycles. The van der Waals surface area contributed by atoms with E-state index in [0.717, 1.165) is 18.0 Å². The Bertz CT molecular complexity index is 979. The summed E-state index contributed by atoms with van der Waals surface area (Å²) in [6, 6.07) is 5.91. The largest absolute Gasteiger partial charge is 0.417 e. The van der Waals surface area contributed by atoms with E-state index in [1.54, 1.807) is 23.1 Å². The van der Waals surface area contributed by atoms with Crippen LogP contribution >= 0.6 is 11.6 Å². The molecule has 2 aromatic heterocycles. The smallest absolute Gasteiger partial charge is 0.353 e. The molecule has 0 unspecified atom stereocenters. The zero-order chi connectivity index (χ0) is 21.2. The van der Waals surface area contributed by atoms with Crippen LogP contribution in [0.25, 0.3) is 0 Å². The van der Waals surface area contributed by atoms with Gasteiger partial charge in [0.2, 0.25) is 0 Å². The van der Waals surface area contributed by atoms with Crippen LogP contribution in [0.4, 0.5) is 24.8 Å². The average molecular weight is 450 g/mol. The number of pyridine rings is 2. The SMILES string of the molecule is CCc1cccc(NS(=O)(=O)N2CCN(c3ncc(C(F)(F)F)cc3Cl)CC2)n1. The molecule has 1 aliphatic rings. The molecule has 0 amide bonds. The van der Waals surface area contributed by atoms with Gasteiger partial charge in [0.15, 0.2) is 0 Å². The Morgan fingerprint density at radius 3 is 2.48 bits per heavy atom. The lowest BCUT2D eigenvalue weighted by molar-refractivity contribution is -0.137. The number of rotatable bonds is 5. The topological polar surface area (TPSA) is 78.4 Å². The van der Waals surface area contributed by atoms with Gasteiger partial charge in [-0.05, 0) is 24.6 Å². The monoisotopic (exact) mass is 449 g/mol. The van der Waals surface area contributed by atoms with Gasteiger partial charge in [-0.15, -0.1) is 0 Å². The normalized spacial score (nSPS) is 16.1. The minimum absolute atomic E-state index is 0.127. The van der Waals surface area contributed by atoms with Gasteiger partial charge in [-0.2, -0.15) is 25.9 Å². The molecule has 3 rings (SSSR count). The maximum Gasteiger partial charge on any atom is 0.417 e. The zero-order valence-electron chi connectivity index (χ0n) is 15.4. The summed E-state index contributed by atoms with van der Waals surface area (Å²) in [4.78, 5) is 9.71. The maximum absolute atomic E-state index is 12.8. The Morgan fingerprint density at radius 1 is 1.21 bits per heavy atom. The van der Waals surface area contributed by atoms with Crippen molar-refractivity contribution in [3.05, 3.63) is 46.7 Å². The molecule has 0 atom stereocenters. The molecule has 0 aromatic carbocycles. The third-order valence-corrected chi connectivity index (χ3v) is 6.22. The van der Waals surface area contributed by atoms with Crippen molar-refractivity contribution in [2.75, 3.05) is 35.8 Å². The zero-order valence-corrected chi connectivity index (χ0v) is 17.0. The van der Waals surface area contributed by atoms with Gasteiger partial charge in [-0.1, -0.05) is 24.6 Å². The van der Waals surface area contributed by atoms with Crippen LogP contribution in [0, 0.1) is 0 Å². The molecule has 1 N–H and O–H groups in total. The first-order chi connectivity index (χ1) is 13.6. The summed E-state index contributed by atoms with van der Waals surface area (Å²) in [6.45, 7) is 2.65. The molecule has 12 heteroatoms. The minimum atomic E-state index is -4.53. The van der Waals surface area contributed by atoms with Gasteiger partial charge in [-0.25, -0.2) is 9.97 Å². The van der Waals surface area contributed by atoms with Gasteiger partial charge in [0, 0.05) is 38.1 Å². The molecule has 1 fully saturated rings. The second kappa shape index (κ2) is 8.33. The maximum atomic E-state index is 12.8. The number of aromatic nitrogens is 2. The Morgan fingerprint density at radius 2 is 1.90 bits per heavy atom. The summed E-state index contributed by atoms with van der Waals surface area (Å²) in [5.41, 5.74) is -0.170. The molecule has 0 radical (unpaired) electrons. The van der Waals surface area contributed by atoms with Crippen molar-refractivity contribution >= 4 is 33.4 Å². The highest BCUT2D eigenvalue weighted by atomic mass is 35.5. The summed E-state index contributed by atoms with van der Waals surface area (Å²) in [5.74, 6) is 0.432. The van der Waals surface area contributed by atoms with Gasteiger partial charge < -0.3 is 4.90 Å². The second-order valence-electron chi connectivity index (χ2n) is 6.39. The van der Waals surface area contributed by atoms with Crippen molar-refractivity contribution in [3.8, 4) is 0 Å². The Kier molecular flexibility index (Phi) is 6.20. The number of piperazine rings is 1. The van der Waals surface area contributed by atoms with Gasteiger partial charge in [0.05, 0.1) is 10.6 Å². The van der Waals surface area contributed by atoms with Crippen molar-refractivity contribution in [3.63, 3.8) is 0 Å². The number of halogens is 4. The molecular weight excluding hydrogens is 431 g/mol. The summed E-state index contributed by atoms with van der Waals surface area (Å²) >= 11 is 5.97. The molecular formula is C17H19ClF3N5O2S. The van der Waals surface area contributed by atoms with Crippen molar-refractivity contribution in [1.82, 2.24) is 14.3 Å². The Hall–Kier alpha value is -2.11. The van der Waals surface area contributed by atoms with Crippen molar-refractivity contribution in [2.24, 2.45) is 0 Å². The van der Waals surface area contributed by atoms with E-state index in [4.69, 9.17) is 11.6 Å². The number of alkyl halides is 3. The average Bonchev–Trinajstić information content (AvgIpc) is 2.67. The number of aryl methyl sites for hydroxylation is 1. The van der Waals surface area contributed by atoms with E-state index in [9.17, 15) is 21.6 Å². The first-order valence-electron chi connectivity index (χ1n) is 8.81. The third-order valence-electron chi connectivity index (χ3n) is 4.43. The van der Waals surface area contributed by atoms with Gasteiger partial charge >= 0.3 is 16.4 Å². The highest BCUT2D eigenvalue weighted by Gasteiger charge is 2.33. The van der Waals surface area contributed by atoms with E-state index in [1.807, 2.05) is 6.92 Å². The summed E-state index contributed by atoms with van der Waals surface area (Å²) in [6.07, 6.45) is -3.13. The molecule has 0 spiro atoms. The standard InChI is InChI=1S/C17H19ClF3N5O2S/c1-2-13-4-3-5-15(23-13)24-29(27,28)26-8-6-25(7-9-26)16-14(18)10-12(11-22-16)17(19,20)21/h3-5,10-11H,2,6-9H2,1H3,(H,23,24). The fourth-order valence-corrected chi connectivity index (χ4v) is 4.33. The molecule has 7 nitrogen and oxygen atoms in total. The van der Waals surface area contributed by atoms with Crippen molar-refractivity contribution in [1.29, 1.82) is 0 Å². The molecule has 0 aliphatic carbocycles. The van der Waals surface area contributed by atoms with Crippen molar-refractivity contribution in [2.45, 2.75) is 19.5 Å². The number of anilines is 2. The third kappa shape index (κ3) is 5.09. The predicted octanol–water partition coefficient (Wildman–Crippen LogP) is 3.19. The Balaban J connectivity index is 1.67. The fraction of sp³-hybridized carbons (Fsp3) is 0.412. The molecule has 1 saturated heterocycles. The van der Waals surface area contributed by atoms with Crippen molar-refractivity contribution < 1.29 is 21.6 Å². The molecule has 158 valence electrons. The lowest BCUT2D eigenvalue weighted by Crippen LogP contribution is -2.50. The van der Waals surface area contributed by atoms with E-state index in [2.05, 4.69) is 14.7 Å². The van der Waals surface area contributed by atoms with E-state index in [-0.39, 0.29) is 42.8 Å². The molecule has 0 bridgehead atoms. The van der Waals surface area contributed by atoms with E-state index in [1.165, 1.54) is 4.31 Å². The lowest BCUT2D eigenvalue weighted by Gasteiger charge is -2.35. The summed E-state index contributed by atoms with van der Waals surface area (Å²) in [5, 5.41) is -0.130.